The zero-order chi connectivity index (χ0) is 14.7. The first-order valence-corrected chi connectivity index (χ1v) is 8.37. The van der Waals surface area contributed by atoms with Crippen molar-refractivity contribution in [2.75, 3.05) is 6.54 Å². The average molecular weight is 401 g/mol. The highest BCUT2D eigenvalue weighted by Gasteiger charge is 2.21. The van der Waals surface area contributed by atoms with Gasteiger partial charge in [0.05, 0.1) is 22.4 Å². The summed E-state index contributed by atoms with van der Waals surface area (Å²) < 4.78 is 4.22. The molecule has 0 aliphatic heterocycles. The van der Waals surface area contributed by atoms with Gasteiger partial charge in [-0.25, -0.2) is 0 Å². The van der Waals surface area contributed by atoms with E-state index in [4.69, 9.17) is 0 Å². The minimum Gasteiger partial charge on any atom is -0.305 e. The van der Waals surface area contributed by atoms with Gasteiger partial charge in [-0.3, -0.25) is 4.68 Å². The number of nitrogens with zero attached hydrogens (tertiary/aromatic N) is 2. The lowest BCUT2D eigenvalue weighted by atomic mass is 10.0. The van der Waals surface area contributed by atoms with E-state index < -0.39 is 0 Å². The second kappa shape index (κ2) is 6.87. The van der Waals surface area contributed by atoms with E-state index in [-0.39, 0.29) is 6.04 Å². The first-order valence-electron chi connectivity index (χ1n) is 6.79. The third kappa shape index (κ3) is 3.15. The van der Waals surface area contributed by atoms with Crippen LogP contribution in [0.3, 0.4) is 0 Å². The second-order valence-corrected chi connectivity index (χ2v) is 6.40. The molecule has 2 rings (SSSR count). The van der Waals surface area contributed by atoms with Crippen LogP contribution in [0.2, 0.25) is 0 Å². The van der Waals surface area contributed by atoms with Gasteiger partial charge in [0.2, 0.25) is 0 Å². The molecule has 1 heterocycles. The minimum absolute atomic E-state index is 0.142. The maximum Gasteiger partial charge on any atom is 0.0759 e. The zero-order valence-corrected chi connectivity index (χ0v) is 15.1. The van der Waals surface area contributed by atoms with Gasteiger partial charge in [-0.1, -0.05) is 35.0 Å². The van der Waals surface area contributed by atoms with Crippen molar-refractivity contribution in [3.8, 4) is 0 Å². The molecule has 0 aliphatic rings. The van der Waals surface area contributed by atoms with Crippen LogP contribution in [0.5, 0.6) is 0 Å². The fourth-order valence-electron chi connectivity index (χ4n) is 2.33. The summed E-state index contributed by atoms with van der Waals surface area (Å²) in [6.45, 7) is 8.11. The molecule has 0 saturated carbocycles. The van der Waals surface area contributed by atoms with Crippen molar-refractivity contribution >= 4 is 31.9 Å². The first kappa shape index (κ1) is 15.7. The molecule has 3 nitrogen and oxygen atoms in total. The van der Waals surface area contributed by atoms with Gasteiger partial charge >= 0.3 is 0 Å². The highest BCUT2D eigenvalue weighted by molar-refractivity contribution is 9.10. The van der Waals surface area contributed by atoms with Crippen LogP contribution in [0.1, 0.15) is 36.7 Å². The maximum absolute atomic E-state index is 4.42. The molecule has 20 heavy (non-hydrogen) atoms. The Hall–Kier alpha value is -0.650. The molecule has 0 saturated heterocycles. The Morgan fingerprint density at radius 3 is 2.60 bits per heavy atom. The maximum atomic E-state index is 4.42. The summed E-state index contributed by atoms with van der Waals surface area (Å²) in [6, 6.07) is 6.62. The lowest BCUT2D eigenvalue weighted by Gasteiger charge is -2.21. The van der Waals surface area contributed by atoms with E-state index in [0.717, 1.165) is 22.0 Å². The standard InChI is InChI=1S/C15H19Br2N3/c1-4-18-14(11-6-7-12(16)10(3)8-11)15-13(17)9-19-20(15)5-2/h6-9,14,18H,4-5H2,1-3H3. The average Bonchev–Trinajstić information content (AvgIpc) is 2.80. The molecule has 0 amide bonds. The Balaban J connectivity index is 2.49. The van der Waals surface area contributed by atoms with Crippen LogP contribution in [0.25, 0.3) is 0 Å². The van der Waals surface area contributed by atoms with E-state index in [2.05, 4.69) is 81.2 Å². The number of benzene rings is 1. The van der Waals surface area contributed by atoms with Crippen molar-refractivity contribution in [2.24, 2.45) is 0 Å². The molecule has 5 heteroatoms. The van der Waals surface area contributed by atoms with Gasteiger partial charge in [-0.2, -0.15) is 5.10 Å². The van der Waals surface area contributed by atoms with Crippen molar-refractivity contribution in [2.45, 2.75) is 33.4 Å². The largest absolute Gasteiger partial charge is 0.305 e. The van der Waals surface area contributed by atoms with Crippen molar-refractivity contribution in [1.82, 2.24) is 15.1 Å². The van der Waals surface area contributed by atoms with E-state index in [1.807, 2.05) is 10.9 Å². The first-order chi connectivity index (χ1) is 9.58. The van der Waals surface area contributed by atoms with Crippen molar-refractivity contribution in [3.05, 3.63) is 50.2 Å². The van der Waals surface area contributed by atoms with Crippen LogP contribution in [0, 0.1) is 6.92 Å². The monoisotopic (exact) mass is 399 g/mol. The molecule has 1 N–H and O–H groups in total. The predicted molar refractivity (Wildman–Crippen MR) is 90.0 cm³/mol. The molecule has 2 aromatic rings. The molecule has 0 spiro atoms. The Labute approximate surface area is 137 Å². The van der Waals surface area contributed by atoms with E-state index >= 15 is 0 Å². The van der Waals surface area contributed by atoms with Gasteiger partial charge in [0.1, 0.15) is 0 Å². The summed E-state index contributed by atoms with van der Waals surface area (Å²) in [5, 5.41) is 7.98. The van der Waals surface area contributed by atoms with Gasteiger partial charge in [-0.15, -0.1) is 0 Å². The van der Waals surface area contributed by atoms with Crippen LogP contribution in [0.4, 0.5) is 0 Å². The van der Waals surface area contributed by atoms with E-state index in [0.29, 0.717) is 0 Å². The molecular formula is C15H19Br2N3. The normalized spacial score (nSPS) is 12.7. The SMILES string of the molecule is CCNC(c1ccc(Br)c(C)c1)c1c(Br)cnn1CC. The van der Waals surface area contributed by atoms with Crippen LogP contribution < -0.4 is 5.32 Å². The van der Waals surface area contributed by atoms with Crippen molar-refractivity contribution in [3.63, 3.8) is 0 Å². The Kier molecular flexibility index (Phi) is 5.41. The number of halogens is 2. The van der Waals surface area contributed by atoms with E-state index in [1.165, 1.54) is 16.8 Å². The molecule has 1 unspecified atom stereocenters. The van der Waals surface area contributed by atoms with Gasteiger partial charge in [0, 0.05) is 11.0 Å². The van der Waals surface area contributed by atoms with Crippen LogP contribution >= 0.6 is 31.9 Å². The van der Waals surface area contributed by atoms with Crippen LogP contribution in [0.15, 0.2) is 33.3 Å². The number of rotatable bonds is 5. The van der Waals surface area contributed by atoms with Crippen molar-refractivity contribution < 1.29 is 0 Å². The summed E-state index contributed by atoms with van der Waals surface area (Å²) in [6.07, 6.45) is 1.87. The molecule has 1 aromatic carbocycles. The Morgan fingerprint density at radius 1 is 1.25 bits per heavy atom. The third-order valence-corrected chi connectivity index (χ3v) is 4.83. The highest BCUT2D eigenvalue weighted by atomic mass is 79.9. The molecular weight excluding hydrogens is 382 g/mol. The third-order valence-electron chi connectivity index (χ3n) is 3.33. The predicted octanol–water partition coefficient (Wildman–Crippen LogP) is 4.44. The number of nitrogens with one attached hydrogen (secondary N) is 1. The smallest absolute Gasteiger partial charge is 0.0759 e. The van der Waals surface area contributed by atoms with Gasteiger partial charge < -0.3 is 5.32 Å². The summed E-state index contributed by atoms with van der Waals surface area (Å²) in [4.78, 5) is 0. The summed E-state index contributed by atoms with van der Waals surface area (Å²) in [5.74, 6) is 0. The molecule has 0 fully saturated rings. The van der Waals surface area contributed by atoms with Crippen LogP contribution in [-0.2, 0) is 6.54 Å². The zero-order valence-electron chi connectivity index (χ0n) is 12.0. The quantitative estimate of drug-likeness (QED) is 0.804. The second-order valence-electron chi connectivity index (χ2n) is 4.69. The van der Waals surface area contributed by atoms with Crippen LogP contribution in [-0.4, -0.2) is 16.3 Å². The lowest BCUT2D eigenvalue weighted by molar-refractivity contribution is 0.540. The topological polar surface area (TPSA) is 29.9 Å². The Morgan fingerprint density at radius 2 is 2.00 bits per heavy atom. The summed E-state index contributed by atoms with van der Waals surface area (Å²) >= 11 is 7.19. The Bertz CT molecular complexity index is 593. The summed E-state index contributed by atoms with van der Waals surface area (Å²) in [5.41, 5.74) is 3.67. The number of aromatic nitrogens is 2. The van der Waals surface area contributed by atoms with Gasteiger partial charge in [-0.05, 0) is 53.5 Å². The number of hydrogen-bond donors (Lipinski definition) is 1. The molecule has 1 atom stereocenters. The molecule has 0 aliphatic carbocycles. The minimum atomic E-state index is 0.142. The molecule has 1 aromatic heterocycles. The van der Waals surface area contributed by atoms with Gasteiger partial charge in [0.15, 0.2) is 0 Å². The lowest BCUT2D eigenvalue weighted by Crippen LogP contribution is -2.25. The number of aryl methyl sites for hydroxylation is 2. The van der Waals surface area contributed by atoms with Crippen molar-refractivity contribution in [1.29, 1.82) is 0 Å². The fraction of sp³-hybridized carbons (Fsp3) is 0.400. The molecule has 0 bridgehead atoms. The van der Waals surface area contributed by atoms with E-state index in [1.54, 1.807) is 0 Å². The van der Waals surface area contributed by atoms with E-state index in [9.17, 15) is 0 Å². The van der Waals surface area contributed by atoms with Gasteiger partial charge in [0.25, 0.3) is 0 Å². The summed E-state index contributed by atoms with van der Waals surface area (Å²) in [7, 11) is 0. The fourth-order valence-corrected chi connectivity index (χ4v) is 3.11. The number of hydrogen-bond acceptors (Lipinski definition) is 2. The molecule has 108 valence electrons. The molecule has 0 radical (unpaired) electrons. The highest BCUT2D eigenvalue weighted by Crippen LogP contribution is 2.30.